The standard InChI is InChI=1S/C35H37Cl2N11O3/c1-46-28-11-13-47(14-15-48-20-39-19-41-48)18-27(28)43-33(46)34(50)44-26-5-3-4-24(30(26)36)32-31(37)23(10-12-40-32)25-8-6-21(35(45-25)51-2)16-38-17-22-7-9-29(49)42-22/h3-6,8,10,12,19-20,22,38H,7,9,11,13-18H2,1-2H3,(H,42,49)(H,44,50)/t22-/m1/s1. The van der Waals surface area contributed by atoms with Crippen LogP contribution < -0.4 is 20.7 Å². The first-order valence-electron chi connectivity index (χ1n) is 16.7. The zero-order valence-corrected chi connectivity index (χ0v) is 29.7. The van der Waals surface area contributed by atoms with Crippen LogP contribution >= 0.6 is 23.2 Å². The number of amides is 2. The van der Waals surface area contributed by atoms with Crippen LogP contribution in [0.5, 0.6) is 5.88 Å². The maximum absolute atomic E-state index is 13.6. The van der Waals surface area contributed by atoms with Crippen molar-refractivity contribution in [2.45, 2.75) is 44.9 Å². The number of rotatable bonds is 12. The summed E-state index contributed by atoms with van der Waals surface area (Å²) in [6, 6.07) is 11.0. The van der Waals surface area contributed by atoms with Gasteiger partial charge in [-0.05, 0) is 24.6 Å². The minimum absolute atomic E-state index is 0.0866. The molecule has 0 unspecified atom stereocenters. The zero-order chi connectivity index (χ0) is 35.5. The Morgan fingerprint density at radius 3 is 2.75 bits per heavy atom. The number of carbonyl (C=O) groups excluding carboxylic acids is 2. The van der Waals surface area contributed by atoms with E-state index in [2.05, 4.69) is 35.9 Å². The van der Waals surface area contributed by atoms with Gasteiger partial charge in [0.05, 0.1) is 46.5 Å². The highest BCUT2D eigenvalue weighted by atomic mass is 35.5. The van der Waals surface area contributed by atoms with E-state index in [1.165, 1.54) is 6.33 Å². The van der Waals surface area contributed by atoms with E-state index < -0.39 is 0 Å². The van der Waals surface area contributed by atoms with Crippen LogP contribution in [0, 0.1) is 0 Å². The second-order valence-electron chi connectivity index (χ2n) is 12.5. The van der Waals surface area contributed by atoms with Gasteiger partial charge in [-0.2, -0.15) is 5.10 Å². The lowest BCUT2D eigenvalue weighted by molar-refractivity contribution is -0.119. The Balaban J connectivity index is 1.06. The quantitative estimate of drug-likeness (QED) is 0.171. The molecular formula is C35H37Cl2N11O3. The average Bonchev–Trinajstić information content (AvgIpc) is 3.89. The molecule has 51 heavy (non-hydrogen) atoms. The topological polar surface area (TPSA) is 157 Å². The summed E-state index contributed by atoms with van der Waals surface area (Å²) in [7, 11) is 3.44. The first kappa shape index (κ1) is 34.6. The molecule has 6 heterocycles. The number of halogens is 2. The van der Waals surface area contributed by atoms with E-state index in [9.17, 15) is 9.59 Å². The van der Waals surface area contributed by atoms with Gasteiger partial charge in [-0.1, -0.05) is 41.4 Å². The third-order valence-corrected chi connectivity index (χ3v) is 10.0. The predicted octanol–water partition coefficient (Wildman–Crippen LogP) is 4.13. The Hall–Kier alpha value is -4.89. The summed E-state index contributed by atoms with van der Waals surface area (Å²) in [5.41, 5.74) is 5.44. The minimum Gasteiger partial charge on any atom is -0.481 e. The number of nitrogens with one attached hydrogen (secondary N) is 3. The van der Waals surface area contributed by atoms with Gasteiger partial charge in [0.15, 0.2) is 5.82 Å². The normalized spacial score (nSPS) is 15.8. The largest absolute Gasteiger partial charge is 0.481 e. The number of hydrogen-bond acceptors (Lipinski definition) is 10. The molecule has 0 aliphatic carbocycles. The monoisotopic (exact) mass is 729 g/mol. The molecule has 3 N–H and O–H groups in total. The first-order chi connectivity index (χ1) is 24.8. The molecule has 2 amide bonds. The fraction of sp³-hybridized carbons (Fsp3) is 0.343. The van der Waals surface area contributed by atoms with Crippen LogP contribution in [-0.4, -0.2) is 83.8 Å². The highest BCUT2D eigenvalue weighted by Crippen LogP contribution is 2.40. The lowest BCUT2D eigenvalue weighted by Gasteiger charge is -2.26. The van der Waals surface area contributed by atoms with Crippen LogP contribution in [0.4, 0.5) is 5.69 Å². The van der Waals surface area contributed by atoms with Crippen LogP contribution in [0.15, 0.2) is 55.2 Å². The molecule has 4 aromatic heterocycles. The Bertz CT molecular complexity index is 2070. The molecule has 0 radical (unpaired) electrons. The Morgan fingerprint density at radius 2 is 1.96 bits per heavy atom. The van der Waals surface area contributed by atoms with Gasteiger partial charge in [-0.15, -0.1) is 0 Å². The summed E-state index contributed by atoms with van der Waals surface area (Å²) < 4.78 is 9.28. The summed E-state index contributed by atoms with van der Waals surface area (Å²) in [4.78, 5) is 45.4. The van der Waals surface area contributed by atoms with Crippen molar-refractivity contribution >= 4 is 40.7 Å². The second kappa shape index (κ2) is 15.2. The van der Waals surface area contributed by atoms with Gasteiger partial charge < -0.3 is 25.3 Å². The highest BCUT2D eigenvalue weighted by Gasteiger charge is 2.26. The van der Waals surface area contributed by atoms with E-state index in [4.69, 9.17) is 37.9 Å². The molecule has 7 rings (SSSR count). The summed E-state index contributed by atoms with van der Waals surface area (Å²) in [5, 5.41) is 14.1. The number of nitrogens with zero attached hydrogens (tertiary/aromatic N) is 8. The number of pyridine rings is 2. The van der Waals surface area contributed by atoms with E-state index >= 15 is 0 Å². The SMILES string of the molecule is COc1nc(-c2ccnc(-c3cccc(NC(=O)c4nc5c(n4C)CCN(CCn4cncn4)C5)c3Cl)c2Cl)ccc1CNC[C@H]1CCC(=O)N1. The van der Waals surface area contributed by atoms with Crippen LogP contribution in [-0.2, 0) is 37.9 Å². The van der Waals surface area contributed by atoms with E-state index in [1.54, 1.807) is 48.6 Å². The third kappa shape index (κ3) is 7.45. The Morgan fingerprint density at radius 1 is 1.08 bits per heavy atom. The molecule has 2 aliphatic heterocycles. The van der Waals surface area contributed by atoms with Crippen LogP contribution in [0.25, 0.3) is 22.5 Å². The van der Waals surface area contributed by atoms with Gasteiger partial charge in [-0.25, -0.2) is 15.0 Å². The van der Waals surface area contributed by atoms with Crippen molar-refractivity contribution in [3.63, 3.8) is 0 Å². The fourth-order valence-electron chi connectivity index (χ4n) is 6.53. The molecule has 2 aliphatic rings. The molecule has 14 nitrogen and oxygen atoms in total. The minimum atomic E-state index is -0.369. The van der Waals surface area contributed by atoms with E-state index in [1.807, 2.05) is 23.7 Å². The van der Waals surface area contributed by atoms with Crippen molar-refractivity contribution in [2.75, 3.05) is 32.1 Å². The lowest BCUT2D eigenvalue weighted by atomic mass is 10.1. The molecule has 0 spiro atoms. The molecule has 5 aromatic rings. The van der Waals surface area contributed by atoms with E-state index in [0.29, 0.717) is 76.0 Å². The zero-order valence-electron chi connectivity index (χ0n) is 28.2. The Kier molecular flexibility index (Phi) is 10.3. The molecule has 0 bridgehead atoms. The molecule has 16 heteroatoms. The van der Waals surface area contributed by atoms with Crippen molar-refractivity contribution in [1.29, 1.82) is 0 Å². The van der Waals surface area contributed by atoms with Crippen LogP contribution in [0.3, 0.4) is 0 Å². The smallest absolute Gasteiger partial charge is 0.291 e. The van der Waals surface area contributed by atoms with Crippen LogP contribution in [0.1, 0.15) is 40.4 Å². The van der Waals surface area contributed by atoms with Crippen molar-refractivity contribution in [1.82, 2.24) is 49.8 Å². The number of anilines is 1. The van der Waals surface area contributed by atoms with Gasteiger partial charge in [0.2, 0.25) is 11.8 Å². The van der Waals surface area contributed by atoms with Gasteiger partial charge in [0.25, 0.3) is 5.91 Å². The highest BCUT2D eigenvalue weighted by molar-refractivity contribution is 6.39. The van der Waals surface area contributed by atoms with Crippen LogP contribution in [0.2, 0.25) is 10.0 Å². The lowest BCUT2D eigenvalue weighted by Crippen LogP contribution is -2.35. The average molecular weight is 731 g/mol. The van der Waals surface area contributed by atoms with Crippen molar-refractivity contribution in [2.24, 2.45) is 7.05 Å². The maximum Gasteiger partial charge on any atom is 0.291 e. The number of aromatic nitrogens is 7. The fourth-order valence-corrected chi connectivity index (χ4v) is 7.10. The number of hydrogen-bond donors (Lipinski definition) is 3. The molecule has 0 saturated carbocycles. The maximum atomic E-state index is 13.6. The summed E-state index contributed by atoms with van der Waals surface area (Å²) in [5.74, 6) is 0.486. The van der Waals surface area contributed by atoms with Crippen molar-refractivity contribution in [3.8, 4) is 28.4 Å². The first-order valence-corrected chi connectivity index (χ1v) is 17.4. The predicted molar refractivity (Wildman–Crippen MR) is 193 cm³/mol. The van der Waals surface area contributed by atoms with E-state index in [-0.39, 0.29) is 17.9 Å². The van der Waals surface area contributed by atoms with Crippen molar-refractivity contribution in [3.05, 3.63) is 88.1 Å². The van der Waals surface area contributed by atoms with Crippen molar-refractivity contribution < 1.29 is 14.3 Å². The van der Waals surface area contributed by atoms with E-state index in [0.717, 1.165) is 49.4 Å². The molecule has 1 saturated heterocycles. The summed E-state index contributed by atoms with van der Waals surface area (Å²) in [6.07, 6.45) is 7.03. The Labute approximate surface area is 304 Å². The molecular weight excluding hydrogens is 693 g/mol. The number of ether oxygens (including phenoxy) is 1. The van der Waals surface area contributed by atoms with Gasteiger partial charge in [0.1, 0.15) is 12.7 Å². The third-order valence-electron chi connectivity index (χ3n) is 9.24. The van der Waals surface area contributed by atoms with Gasteiger partial charge in [-0.3, -0.25) is 24.2 Å². The van der Waals surface area contributed by atoms with Gasteiger partial charge in [0, 0.05) is 87.2 Å². The molecule has 1 aromatic carbocycles. The number of fused-ring (bicyclic) bond motifs is 1. The molecule has 1 atom stereocenters. The molecule has 1 fully saturated rings. The number of benzene rings is 1. The molecule has 264 valence electrons. The second-order valence-corrected chi connectivity index (χ2v) is 13.3. The van der Waals surface area contributed by atoms with Gasteiger partial charge >= 0.3 is 0 Å². The number of carbonyl (C=O) groups is 2. The number of imidazole rings is 1. The summed E-state index contributed by atoms with van der Waals surface area (Å²) in [6.45, 7) is 4.21. The summed E-state index contributed by atoms with van der Waals surface area (Å²) >= 11 is 13.9. The number of methoxy groups -OCH3 is 1.